The lowest BCUT2D eigenvalue weighted by Crippen LogP contribution is -2.42. The van der Waals surface area contributed by atoms with E-state index in [2.05, 4.69) is 11.2 Å². The third kappa shape index (κ3) is 6.08. The molecule has 1 aromatic rings. The Morgan fingerprint density at radius 2 is 2.00 bits per heavy atom. The monoisotopic (exact) mass is 259 g/mol. The minimum atomic E-state index is -0.496. The molecule has 3 nitrogen and oxygen atoms in total. The Morgan fingerprint density at radius 3 is 2.53 bits per heavy atom. The zero-order valence-electron chi connectivity index (χ0n) is 11.8. The van der Waals surface area contributed by atoms with Crippen LogP contribution in [-0.4, -0.2) is 24.2 Å². The maximum atomic E-state index is 12.1. The van der Waals surface area contributed by atoms with E-state index in [4.69, 9.17) is 11.2 Å². The molecule has 0 radical (unpaired) electrons. The predicted octanol–water partition coefficient (Wildman–Crippen LogP) is 2.16. The number of esters is 1. The molecule has 0 saturated carbocycles. The molecule has 0 aliphatic rings. The van der Waals surface area contributed by atoms with Crippen molar-refractivity contribution in [3.63, 3.8) is 0 Å². The van der Waals surface area contributed by atoms with Gasteiger partial charge in [0.2, 0.25) is 0 Å². The third-order valence-electron chi connectivity index (χ3n) is 2.42. The highest BCUT2D eigenvalue weighted by Gasteiger charge is 2.24. The second kappa shape index (κ2) is 6.96. The molecule has 102 valence electrons. The van der Waals surface area contributed by atoms with E-state index in [9.17, 15) is 4.79 Å². The molecule has 3 heteroatoms. The van der Waals surface area contributed by atoms with Gasteiger partial charge in [0.15, 0.2) is 0 Å². The number of carbonyl (C=O) groups excluding carboxylic acids is 1. The molecule has 0 amide bonds. The highest BCUT2D eigenvalue weighted by Crippen LogP contribution is 2.11. The summed E-state index contributed by atoms with van der Waals surface area (Å²) in [7, 11) is 0. The zero-order chi connectivity index (χ0) is 14.3. The number of hydrogen-bond donors (Lipinski definition) is 1. The first kappa shape index (κ1) is 15.3. The van der Waals surface area contributed by atoms with Gasteiger partial charge in [-0.3, -0.25) is 10.1 Å². The van der Waals surface area contributed by atoms with Gasteiger partial charge in [0.1, 0.15) is 11.6 Å². The van der Waals surface area contributed by atoms with Crippen molar-refractivity contribution in [3.05, 3.63) is 35.9 Å². The van der Waals surface area contributed by atoms with Crippen molar-refractivity contribution in [1.82, 2.24) is 5.32 Å². The topological polar surface area (TPSA) is 38.3 Å². The Kier molecular flexibility index (Phi) is 5.59. The molecule has 19 heavy (non-hydrogen) atoms. The first-order valence-corrected chi connectivity index (χ1v) is 6.36. The largest absolute Gasteiger partial charge is 0.459 e. The smallest absolute Gasteiger partial charge is 0.324 e. The number of hydrogen-bond acceptors (Lipinski definition) is 3. The maximum Gasteiger partial charge on any atom is 0.324 e. The number of rotatable bonds is 5. The lowest BCUT2D eigenvalue weighted by Gasteiger charge is -2.24. The van der Waals surface area contributed by atoms with Gasteiger partial charge in [-0.15, -0.1) is 6.42 Å². The fourth-order valence-electron chi connectivity index (χ4n) is 1.64. The molecule has 0 bridgehead atoms. The minimum Gasteiger partial charge on any atom is -0.459 e. The van der Waals surface area contributed by atoms with Gasteiger partial charge in [-0.25, -0.2) is 0 Å². The summed E-state index contributed by atoms with van der Waals surface area (Å²) in [5, 5.41) is 3.03. The molecule has 1 N–H and O–H groups in total. The van der Waals surface area contributed by atoms with Crippen LogP contribution in [-0.2, 0) is 16.0 Å². The van der Waals surface area contributed by atoms with Crippen molar-refractivity contribution in [2.24, 2.45) is 0 Å². The van der Waals surface area contributed by atoms with E-state index in [1.54, 1.807) is 0 Å². The minimum absolute atomic E-state index is 0.272. The standard InChI is InChI=1S/C16H21NO2/c1-5-11-17-14(15(18)19-16(2,3)4)12-13-9-7-6-8-10-13/h1,6-10,14,17H,11-12H2,2-4H3. The van der Waals surface area contributed by atoms with E-state index in [-0.39, 0.29) is 5.97 Å². The highest BCUT2D eigenvalue weighted by atomic mass is 16.6. The van der Waals surface area contributed by atoms with E-state index >= 15 is 0 Å². The van der Waals surface area contributed by atoms with Crippen LogP contribution in [0.15, 0.2) is 30.3 Å². The van der Waals surface area contributed by atoms with Crippen molar-refractivity contribution in [3.8, 4) is 12.3 Å². The first-order chi connectivity index (χ1) is 8.92. The van der Waals surface area contributed by atoms with E-state index in [0.29, 0.717) is 13.0 Å². The fraction of sp³-hybridized carbons (Fsp3) is 0.438. The molecule has 1 rings (SSSR count). The normalized spacial score (nSPS) is 12.5. The van der Waals surface area contributed by atoms with E-state index in [0.717, 1.165) is 5.56 Å². The third-order valence-corrected chi connectivity index (χ3v) is 2.42. The Labute approximate surface area is 115 Å². The highest BCUT2D eigenvalue weighted by molar-refractivity contribution is 5.76. The maximum absolute atomic E-state index is 12.1. The van der Waals surface area contributed by atoms with Crippen LogP contribution < -0.4 is 5.32 Å². The summed E-state index contributed by atoms with van der Waals surface area (Å²) in [4.78, 5) is 12.1. The molecule has 1 atom stereocenters. The number of ether oxygens (including phenoxy) is 1. The first-order valence-electron chi connectivity index (χ1n) is 6.36. The summed E-state index contributed by atoms with van der Waals surface area (Å²) in [5.74, 6) is 2.21. The quantitative estimate of drug-likeness (QED) is 0.650. The van der Waals surface area contributed by atoms with E-state index in [1.807, 2.05) is 51.1 Å². The van der Waals surface area contributed by atoms with Crippen molar-refractivity contribution in [2.45, 2.75) is 38.8 Å². The molecule has 0 saturated heterocycles. The van der Waals surface area contributed by atoms with Crippen LogP contribution in [0, 0.1) is 12.3 Å². The van der Waals surface area contributed by atoms with Crippen LogP contribution in [0.4, 0.5) is 0 Å². The molecule has 1 unspecified atom stereocenters. The van der Waals surface area contributed by atoms with Gasteiger partial charge in [0.25, 0.3) is 0 Å². The van der Waals surface area contributed by atoms with Gasteiger partial charge >= 0.3 is 5.97 Å². The average Bonchev–Trinajstić information content (AvgIpc) is 2.33. The SMILES string of the molecule is C#CCNC(Cc1ccccc1)C(=O)OC(C)(C)C. The van der Waals surface area contributed by atoms with Crippen molar-refractivity contribution in [2.75, 3.05) is 6.54 Å². The lowest BCUT2D eigenvalue weighted by molar-refractivity contribution is -0.157. The Morgan fingerprint density at radius 1 is 1.37 bits per heavy atom. The van der Waals surface area contributed by atoms with Gasteiger partial charge in [0, 0.05) is 0 Å². The van der Waals surface area contributed by atoms with E-state index in [1.165, 1.54) is 0 Å². The Bertz CT molecular complexity index is 440. The number of carbonyl (C=O) groups is 1. The fourth-order valence-corrected chi connectivity index (χ4v) is 1.64. The van der Waals surface area contributed by atoms with Crippen LogP contribution >= 0.6 is 0 Å². The van der Waals surface area contributed by atoms with Crippen LogP contribution in [0.2, 0.25) is 0 Å². The summed E-state index contributed by atoms with van der Waals surface area (Å²) in [6.45, 7) is 5.90. The second-order valence-electron chi connectivity index (χ2n) is 5.36. The molecule has 0 spiro atoms. The van der Waals surface area contributed by atoms with Crippen molar-refractivity contribution >= 4 is 5.97 Å². The molecule has 0 aromatic heterocycles. The van der Waals surface area contributed by atoms with Crippen LogP contribution in [0.1, 0.15) is 26.3 Å². The number of benzene rings is 1. The molecule has 0 aliphatic carbocycles. The summed E-state index contributed by atoms with van der Waals surface area (Å²) in [6.07, 6.45) is 5.80. The molecule has 0 heterocycles. The van der Waals surface area contributed by atoms with Gasteiger partial charge in [-0.05, 0) is 32.8 Å². The molecule has 1 aromatic carbocycles. The molecular weight excluding hydrogens is 238 g/mol. The summed E-state index contributed by atoms with van der Waals surface area (Å²) < 4.78 is 5.40. The summed E-state index contributed by atoms with van der Waals surface area (Å²) in [5.41, 5.74) is 0.576. The predicted molar refractivity (Wildman–Crippen MR) is 76.6 cm³/mol. The van der Waals surface area contributed by atoms with Gasteiger partial charge in [-0.1, -0.05) is 36.3 Å². The number of terminal acetylenes is 1. The zero-order valence-corrected chi connectivity index (χ0v) is 11.8. The van der Waals surface area contributed by atoms with Crippen LogP contribution in [0.3, 0.4) is 0 Å². The second-order valence-corrected chi connectivity index (χ2v) is 5.36. The van der Waals surface area contributed by atoms with Gasteiger partial charge in [-0.2, -0.15) is 0 Å². The molecular formula is C16H21NO2. The Hall–Kier alpha value is -1.79. The van der Waals surface area contributed by atoms with Gasteiger partial charge in [0.05, 0.1) is 6.54 Å². The molecule has 0 fully saturated rings. The Balaban J connectivity index is 2.72. The van der Waals surface area contributed by atoms with Crippen LogP contribution in [0.5, 0.6) is 0 Å². The molecule has 0 aliphatic heterocycles. The van der Waals surface area contributed by atoms with Crippen LogP contribution in [0.25, 0.3) is 0 Å². The van der Waals surface area contributed by atoms with E-state index < -0.39 is 11.6 Å². The van der Waals surface area contributed by atoms with Gasteiger partial charge < -0.3 is 4.74 Å². The van der Waals surface area contributed by atoms with Crippen molar-refractivity contribution < 1.29 is 9.53 Å². The number of nitrogens with one attached hydrogen (secondary N) is 1. The summed E-state index contributed by atoms with van der Waals surface area (Å²) in [6, 6.07) is 9.38. The average molecular weight is 259 g/mol. The van der Waals surface area contributed by atoms with Crippen molar-refractivity contribution in [1.29, 1.82) is 0 Å². The lowest BCUT2D eigenvalue weighted by atomic mass is 10.1. The summed E-state index contributed by atoms with van der Waals surface area (Å²) >= 11 is 0.